The van der Waals surface area contributed by atoms with Gasteiger partial charge in [0.25, 0.3) is 0 Å². The van der Waals surface area contributed by atoms with E-state index in [1.54, 1.807) is 0 Å². The van der Waals surface area contributed by atoms with E-state index in [0.29, 0.717) is 0 Å². The van der Waals surface area contributed by atoms with Crippen LogP contribution in [0, 0.1) is 0 Å². The predicted octanol–water partition coefficient (Wildman–Crippen LogP) is 0.974. The molecule has 7 heavy (non-hydrogen) atoms. The SMILES string of the molecule is O=C(O)/N=C/CCl. The Morgan fingerprint density at radius 3 is 2.71 bits per heavy atom. The molecule has 0 saturated carbocycles. The van der Waals surface area contributed by atoms with Crippen molar-refractivity contribution in [3.63, 3.8) is 0 Å². The maximum Gasteiger partial charge on any atom is 0.430 e. The van der Waals surface area contributed by atoms with Gasteiger partial charge in [0.2, 0.25) is 0 Å². The molecule has 0 rings (SSSR count). The van der Waals surface area contributed by atoms with E-state index < -0.39 is 6.09 Å². The lowest BCUT2D eigenvalue weighted by Gasteiger charge is -1.72. The number of hydrogen-bond donors (Lipinski definition) is 1. The first-order valence-corrected chi connectivity index (χ1v) is 2.12. The lowest BCUT2D eigenvalue weighted by molar-refractivity contribution is 0.206. The van der Waals surface area contributed by atoms with Gasteiger partial charge in [0.1, 0.15) is 0 Å². The molecule has 4 heteroatoms. The number of aliphatic imine (C=N–C) groups is 1. The third-order valence-electron chi connectivity index (χ3n) is 0.271. The van der Waals surface area contributed by atoms with Crippen LogP contribution in [0.25, 0.3) is 0 Å². The van der Waals surface area contributed by atoms with Crippen LogP contribution in [-0.4, -0.2) is 23.3 Å². The average molecular weight is 122 g/mol. The van der Waals surface area contributed by atoms with Crippen LogP contribution in [0.15, 0.2) is 4.99 Å². The molecule has 0 radical (unpaired) electrons. The Morgan fingerprint density at radius 1 is 2.00 bits per heavy atom. The smallest absolute Gasteiger partial charge is 0.430 e. The second-order valence-corrected chi connectivity index (χ2v) is 1.06. The third-order valence-corrected chi connectivity index (χ3v) is 0.409. The van der Waals surface area contributed by atoms with Gasteiger partial charge in [-0.2, -0.15) is 4.99 Å². The van der Waals surface area contributed by atoms with Crippen molar-refractivity contribution in [2.45, 2.75) is 0 Å². The van der Waals surface area contributed by atoms with E-state index in [4.69, 9.17) is 16.7 Å². The zero-order chi connectivity index (χ0) is 5.70. The van der Waals surface area contributed by atoms with Crippen molar-refractivity contribution >= 4 is 23.9 Å². The summed E-state index contributed by atoms with van der Waals surface area (Å²) in [7, 11) is 0. The highest BCUT2D eigenvalue weighted by atomic mass is 35.5. The van der Waals surface area contributed by atoms with E-state index in [-0.39, 0.29) is 5.88 Å². The van der Waals surface area contributed by atoms with E-state index in [2.05, 4.69) is 4.99 Å². The Morgan fingerprint density at radius 2 is 2.57 bits per heavy atom. The van der Waals surface area contributed by atoms with Gasteiger partial charge in [-0.3, -0.25) is 0 Å². The number of alkyl halides is 1. The minimum absolute atomic E-state index is 0.145. The van der Waals surface area contributed by atoms with Crippen LogP contribution >= 0.6 is 11.6 Å². The van der Waals surface area contributed by atoms with E-state index in [0.717, 1.165) is 6.21 Å². The number of nitrogens with zero attached hydrogens (tertiary/aromatic N) is 1. The molecular formula is C3H4ClNO2. The fraction of sp³-hybridized carbons (Fsp3) is 0.333. The first-order valence-electron chi connectivity index (χ1n) is 1.59. The van der Waals surface area contributed by atoms with E-state index in [1.165, 1.54) is 0 Å². The number of amides is 1. The molecule has 0 spiro atoms. The molecule has 0 saturated heterocycles. The van der Waals surface area contributed by atoms with Gasteiger partial charge in [0.05, 0.1) is 5.88 Å². The summed E-state index contributed by atoms with van der Waals surface area (Å²) in [6.45, 7) is 0. The predicted molar refractivity (Wildman–Crippen MR) is 27.2 cm³/mol. The Balaban J connectivity index is 3.26. The summed E-state index contributed by atoms with van der Waals surface area (Å²) in [6, 6.07) is 0. The van der Waals surface area contributed by atoms with Crippen molar-refractivity contribution in [3.8, 4) is 0 Å². The highest BCUT2D eigenvalue weighted by molar-refractivity contribution is 6.25. The van der Waals surface area contributed by atoms with Crippen LogP contribution in [0.3, 0.4) is 0 Å². The van der Waals surface area contributed by atoms with E-state index in [9.17, 15) is 4.79 Å². The number of rotatable bonds is 1. The summed E-state index contributed by atoms with van der Waals surface area (Å²) < 4.78 is 0. The lowest BCUT2D eigenvalue weighted by Crippen LogP contribution is -1.85. The van der Waals surface area contributed by atoms with Crippen molar-refractivity contribution < 1.29 is 9.90 Å². The minimum Gasteiger partial charge on any atom is -0.463 e. The van der Waals surface area contributed by atoms with Gasteiger partial charge >= 0.3 is 6.09 Å². The van der Waals surface area contributed by atoms with Gasteiger partial charge in [-0.1, -0.05) is 0 Å². The highest BCUT2D eigenvalue weighted by Gasteiger charge is 1.80. The van der Waals surface area contributed by atoms with Gasteiger partial charge in [0.15, 0.2) is 0 Å². The van der Waals surface area contributed by atoms with Gasteiger partial charge in [-0.15, -0.1) is 11.6 Å². The van der Waals surface area contributed by atoms with Crippen LogP contribution in [0.4, 0.5) is 4.79 Å². The first kappa shape index (κ1) is 6.43. The van der Waals surface area contributed by atoms with Gasteiger partial charge in [-0.05, 0) is 0 Å². The number of carbonyl (C=O) groups is 1. The van der Waals surface area contributed by atoms with Crippen molar-refractivity contribution in [1.82, 2.24) is 0 Å². The monoisotopic (exact) mass is 121 g/mol. The molecule has 0 aliphatic heterocycles. The molecular weight excluding hydrogens is 117 g/mol. The Hall–Kier alpha value is -0.570. The molecule has 0 atom stereocenters. The summed E-state index contributed by atoms with van der Waals surface area (Å²) >= 11 is 5.03. The Kier molecular flexibility index (Phi) is 3.32. The number of halogens is 1. The average Bonchev–Trinajstić information content (AvgIpc) is 1.61. The molecule has 0 aromatic rings. The first-order chi connectivity index (χ1) is 3.27. The second kappa shape index (κ2) is 3.61. The van der Waals surface area contributed by atoms with E-state index in [1.807, 2.05) is 0 Å². The third kappa shape index (κ3) is 5.43. The zero-order valence-electron chi connectivity index (χ0n) is 3.47. The Bertz CT molecular complexity index is 90.9. The molecule has 0 fully saturated rings. The maximum atomic E-state index is 9.50. The van der Waals surface area contributed by atoms with Crippen LogP contribution < -0.4 is 0 Å². The van der Waals surface area contributed by atoms with Gasteiger partial charge < -0.3 is 5.11 Å². The zero-order valence-corrected chi connectivity index (χ0v) is 4.22. The highest BCUT2D eigenvalue weighted by Crippen LogP contribution is 1.70. The fourth-order valence-electron chi connectivity index (χ4n) is 0.113. The van der Waals surface area contributed by atoms with Crippen molar-refractivity contribution in [3.05, 3.63) is 0 Å². The molecule has 0 bridgehead atoms. The normalized spacial score (nSPS) is 9.86. The van der Waals surface area contributed by atoms with E-state index >= 15 is 0 Å². The number of carboxylic acid groups (broad SMARTS) is 1. The molecule has 0 aliphatic rings. The molecule has 0 aromatic heterocycles. The van der Waals surface area contributed by atoms with Crippen LogP contribution in [0.1, 0.15) is 0 Å². The summed E-state index contributed by atoms with van der Waals surface area (Å²) in [5.41, 5.74) is 0. The van der Waals surface area contributed by atoms with Gasteiger partial charge in [-0.25, -0.2) is 4.79 Å². The molecule has 0 aromatic carbocycles. The van der Waals surface area contributed by atoms with Crippen molar-refractivity contribution in [2.75, 3.05) is 5.88 Å². The Labute approximate surface area is 45.6 Å². The number of hydrogen-bond acceptors (Lipinski definition) is 1. The lowest BCUT2D eigenvalue weighted by atomic mass is 10.9. The van der Waals surface area contributed by atoms with Crippen LogP contribution in [0.5, 0.6) is 0 Å². The quantitative estimate of drug-likeness (QED) is 0.415. The molecule has 0 unspecified atom stereocenters. The molecule has 40 valence electrons. The molecule has 1 amide bonds. The molecule has 1 N–H and O–H groups in total. The summed E-state index contributed by atoms with van der Waals surface area (Å²) in [5, 5.41) is 7.79. The summed E-state index contributed by atoms with van der Waals surface area (Å²) in [5.74, 6) is 0.145. The topological polar surface area (TPSA) is 49.7 Å². The second-order valence-electron chi connectivity index (χ2n) is 0.749. The molecule has 3 nitrogen and oxygen atoms in total. The summed E-state index contributed by atoms with van der Waals surface area (Å²) in [6.07, 6.45) is -0.0928. The van der Waals surface area contributed by atoms with Crippen LogP contribution in [0.2, 0.25) is 0 Å². The minimum atomic E-state index is -1.21. The fourth-order valence-corrected chi connectivity index (χ4v) is 0.182. The van der Waals surface area contributed by atoms with Crippen molar-refractivity contribution in [1.29, 1.82) is 0 Å². The largest absolute Gasteiger partial charge is 0.463 e. The molecule has 0 heterocycles. The van der Waals surface area contributed by atoms with Crippen molar-refractivity contribution in [2.24, 2.45) is 4.99 Å². The maximum absolute atomic E-state index is 9.50. The molecule has 0 aliphatic carbocycles. The standard InChI is InChI=1S/C3H4ClNO2/c4-1-2-5-3(6)7/h2H,1H2,(H,6,7)/b5-2+. The summed E-state index contributed by atoms with van der Waals surface area (Å²) in [4.78, 5) is 12.4. The van der Waals surface area contributed by atoms with Crippen LogP contribution in [-0.2, 0) is 0 Å². The van der Waals surface area contributed by atoms with Gasteiger partial charge in [0, 0.05) is 6.21 Å².